The van der Waals surface area contributed by atoms with Gasteiger partial charge in [0.05, 0.1) is 11.9 Å². The molecule has 104 valence electrons. The van der Waals surface area contributed by atoms with Crippen LogP contribution in [0.1, 0.15) is 43.1 Å². The van der Waals surface area contributed by atoms with Crippen LogP contribution in [0.4, 0.5) is 0 Å². The summed E-state index contributed by atoms with van der Waals surface area (Å²) in [5.41, 5.74) is 1.67. The molecule has 0 aliphatic heterocycles. The van der Waals surface area contributed by atoms with Crippen LogP contribution in [0.25, 0.3) is 5.69 Å². The zero-order chi connectivity index (χ0) is 13.9. The van der Waals surface area contributed by atoms with E-state index >= 15 is 0 Å². The summed E-state index contributed by atoms with van der Waals surface area (Å²) in [6, 6.07) is 11.7. The van der Waals surface area contributed by atoms with E-state index in [1.807, 2.05) is 36.4 Å². The first-order valence-electron chi connectivity index (χ1n) is 7.43. The average molecular weight is 268 g/mol. The number of hydrogen-bond acceptors (Lipinski definition) is 2. The van der Waals surface area contributed by atoms with Crippen molar-refractivity contribution >= 4 is 5.78 Å². The standard InChI is InChI=1S/C17H20N2O/c1-2-13-8-9-14(12-13)17(20)16-10-11-18-19(16)15-6-4-3-5-7-15/h3-7,10-11,13-14H,2,8-9,12H2,1H3. The Hall–Kier alpha value is -1.90. The molecule has 0 amide bonds. The summed E-state index contributed by atoms with van der Waals surface area (Å²) in [7, 11) is 0. The summed E-state index contributed by atoms with van der Waals surface area (Å²) in [6.45, 7) is 2.21. The molecule has 0 spiro atoms. The third kappa shape index (κ3) is 2.40. The Morgan fingerprint density at radius 3 is 2.75 bits per heavy atom. The second-order valence-corrected chi connectivity index (χ2v) is 5.61. The van der Waals surface area contributed by atoms with Crippen LogP contribution in [-0.2, 0) is 0 Å². The molecule has 3 heteroatoms. The normalized spacial score (nSPS) is 22.1. The number of carbonyl (C=O) groups excluding carboxylic acids is 1. The molecular formula is C17H20N2O. The Kier molecular flexibility index (Phi) is 3.68. The zero-order valence-electron chi connectivity index (χ0n) is 11.8. The Bertz CT molecular complexity index is 588. The van der Waals surface area contributed by atoms with E-state index in [2.05, 4.69) is 12.0 Å². The Morgan fingerprint density at radius 1 is 1.25 bits per heavy atom. The number of rotatable bonds is 4. The van der Waals surface area contributed by atoms with Gasteiger partial charge in [-0.15, -0.1) is 0 Å². The van der Waals surface area contributed by atoms with Crippen molar-refractivity contribution < 1.29 is 4.79 Å². The molecule has 2 atom stereocenters. The molecule has 1 aromatic heterocycles. The molecule has 2 aromatic rings. The maximum absolute atomic E-state index is 12.7. The van der Waals surface area contributed by atoms with E-state index in [0.717, 1.165) is 30.1 Å². The summed E-state index contributed by atoms with van der Waals surface area (Å²) < 4.78 is 1.77. The average Bonchev–Trinajstić information content (AvgIpc) is 3.16. The van der Waals surface area contributed by atoms with E-state index in [1.54, 1.807) is 10.9 Å². The lowest BCUT2D eigenvalue weighted by Gasteiger charge is -2.11. The van der Waals surface area contributed by atoms with Crippen LogP contribution in [-0.4, -0.2) is 15.6 Å². The molecule has 0 N–H and O–H groups in total. The molecule has 2 unspecified atom stereocenters. The Labute approximate surface area is 119 Å². The number of ketones is 1. The van der Waals surface area contributed by atoms with Crippen molar-refractivity contribution in [3.63, 3.8) is 0 Å². The molecule has 0 saturated heterocycles. The van der Waals surface area contributed by atoms with Crippen LogP contribution in [0, 0.1) is 11.8 Å². The fourth-order valence-electron chi connectivity index (χ4n) is 3.16. The number of nitrogens with zero attached hydrogens (tertiary/aromatic N) is 2. The van der Waals surface area contributed by atoms with Gasteiger partial charge in [-0.05, 0) is 43.4 Å². The minimum absolute atomic E-state index is 0.180. The van der Waals surface area contributed by atoms with Crippen LogP contribution in [0.5, 0.6) is 0 Å². The van der Waals surface area contributed by atoms with Crippen LogP contribution < -0.4 is 0 Å². The predicted octanol–water partition coefficient (Wildman–Crippen LogP) is 3.88. The molecule has 1 heterocycles. The van der Waals surface area contributed by atoms with Gasteiger partial charge in [0.15, 0.2) is 5.78 Å². The lowest BCUT2D eigenvalue weighted by Crippen LogP contribution is -2.16. The molecule has 3 rings (SSSR count). The smallest absolute Gasteiger partial charge is 0.184 e. The van der Waals surface area contributed by atoms with E-state index in [0.29, 0.717) is 0 Å². The van der Waals surface area contributed by atoms with Crippen molar-refractivity contribution in [1.29, 1.82) is 0 Å². The van der Waals surface area contributed by atoms with Gasteiger partial charge in [0.1, 0.15) is 5.69 Å². The maximum atomic E-state index is 12.7. The first-order valence-corrected chi connectivity index (χ1v) is 7.43. The van der Waals surface area contributed by atoms with Crippen molar-refractivity contribution in [3.8, 4) is 5.69 Å². The molecule has 3 nitrogen and oxygen atoms in total. The van der Waals surface area contributed by atoms with Crippen molar-refractivity contribution in [1.82, 2.24) is 9.78 Å². The topological polar surface area (TPSA) is 34.9 Å². The van der Waals surface area contributed by atoms with Gasteiger partial charge in [0.25, 0.3) is 0 Å². The quantitative estimate of drug-likeness (QED) is 0.789. The summed E-state index contributed by atoms with van der Waals surface area (Å²) in [4.78, 5) is 12.7. The zero-order valence-corrected chi connectivity index (χ0v) is 11.8. The summed E-state index contributed by atoms with van der Waals surface area (Å²) >= 11 is 0. The molecule has 1 aliphatic rings. The van der Waals surface area contributed by atoms with Crippen molar-refractivity contribution in [2.24, 2.45) is 11.8 Å². The minimum atomic E-state index is 0.180. The fourth-order valence-corrected chi connectivity index (χ4v) is 3.16. The third-order valence-electron chi connectivity index (χ3n) is 4.39. The molecule has 20 heavy (non-hydrogen) atoms. The van der Waals surface area contributed by atoms with Gasteiger partial charge in [-0.1, -0.05) is 31.5 Å². The second kappa shape index (κ2) is 5.61. The number of carbonyl (C=O) groups is 1. The molecule has 1 fully saturated rings. The largest absolute Gasteiger partial charge is 0.292 e. The van der Waals surface area contributed by atoms with E-state index in [9.17, 15) is 4.79 Å². The highest BCUT2D eigenvalue weighted by Crippen LogP contribution is 2.35. The summed E-state index contributed by atoms with van der Waals surface area (Å²) in [5.74, 6) is 1.15. The highest BCUT2D eigenvalue weighted by Gasteiger charge is 2.31. The maximum Gasteiger partial charge on any atom is 0.184 e. The number of hydrogen-bond donors (Lipinski definition) is 0. The first kappa shape index (κ1) is 13.1. The lowest BCUT2D eigenvalue weighted by molar-refractivity contribution is 0.0912. The molecule has 0 bridgehead atoms. The van der Waals surface area contributed by atoms with Crippen LogP contribution in [0.15, 0.2) is 42.6 Å². The molecule has 1 saturated carbocycles. The fraction of sp³-hybridized carbons (Fsp3) is 0.412. The molecule has 1 aliphatic carbocycles. The minimum Gasteiger partial charge on any atom is -0.292 e. The predicted molar refractivity (Wildman–Crippen MR) is 79.0 cm³/mol. The molecule has 0 radical (unpaired) electrons. The molecule has 1 aromatic carbocycles. The van der Waals surface area contributed by atoms with E-state index in [4.69, 9.17) is 0 Å². The number of aromatic nitrogens is 2. The number of benzene rings is 1. The highest BCUT2D eigenvalue weighted by molar-refractivity contribution is 5.97. The van der Waals surface area contributed by atoms with E-state index in [1.165, 1.54) is 12.8 Å². The van der Waals surface area contributed by atoms with Gasteiger partial charge >= 0.3 is 0 Å². The van der Waals surface area contributed by atoms with Crippen LogP contribution in [0.2, 0.25) is 0 Å². The van der Waals surface area contributed by atoms with Crippen molar-refractivity contribution in [2.75, 3.05) is 0 Å². The van der Waals surface area contributed by atoms with Crippen molar-refractivity contribution in [3.05, 3.63) is 48.3 Å². The van der Waals surface area contributed by atoms with Crippen molar-refractivity contribution in [2.45, 2.75) is 32.6 Å². The highest BCUT2D eigenvalue weighted by atomic mass is 16.1. The molecular weight excluding hydrogens is 248 g/mol. The van der Waals surface area contributed by atoms with Crippen LogP contribution >= 0.6 is 0 Å². The monoisotopic (exact) mass is 268 g/mol. The van der Waals surface area contributed by atoms with Gasteiger partial charge < -0.3 is 0 Å². The van der Waals surface area contributed by atoms with Gasteiger partial charge in [-0.2, -0.15) is 5.10 Å². The number of para-hydroxylation sites is 1. The first-order chi connectivity index (χ1) is 9.79. The number of Topliss-reactive ketones (excluding diaryl/α,β-unsaturated/α-hetero) is 1. The van der Waals surface area contributed by atoms with Gasteiger partial charge in [0.2, 0.25) is 0 Å². The summed E-state index contributed by atoms with van der Waals surface area (Å²) in [6.07, 6.45) is 6.15. The Balaban J connectivity index is 1.85. The Morgan fingerprint density at radius 2 is 2.05 bits per heavy atom. The van der Waals surface area contributed by atoms with Crippen LogP contribution in [0.3, 0.4) is 0 Å². The second-order valence-electron chi connectivity index (χ2n) is 5.61. The lowest BCUT2D eigenvalue weighted by atomic mass is 9.97. The van der Waals surface area contributed by atoms with E-state index < -0.39 is 0 Å². The van der Waals surface area contributed by atoms with E-state index in [-0.39, 0.29) is 11.7 Å². The van der Waals surface area contributed by atoms with Gasteiger partial charge in [-0.3, -0.25) is 4.79 Å². The summed E-state index contributed by atoms with van der Waals surface area (Å²) in [5, 5.41) is 4.31. The SMILES string of the molecule is CCC1CCC(C(=O)c2ccnn2-c2ccccc2)C1. The van der Waals surface area contributed by atoms with Gasteiger partial charge in [0, 0.05) is 5.92 Å². The van der Waals surface area contributed by atoms with Gasteiger partial charge in [-0.25, -0.2) is 4.68 Å². The third-order valence-corrected chi connectivity index (χ3v) is 4.39.